The molecule has 0 spiro atoms. The van der Waals surface area contributed by atoms with Gasteiger partial charge in [-0.3, -0.25) is 0 Å². The van der Waals surface area contributed by atoms with Gasteiger partial charge in [0.25, 0.3) is 0 Å². The first-order chi connectivity index (χ1) is 7.49. The zero-order valence-corrected chi connectivity index (χ0v) is 9.13. The minimum Gasteiger partial charge on any atom is -0.351 e. The van der Waals surface area contributed by atoms with Gasteiger partial charge in [-0.2, -0.15) is 13.2 Å². The maximum atomic E-state index is 11.8. The van der Waals surface area contributed by atoms with Crippen molar-refractivity contribution < 1.29 is 22.6 Å². The van der Waals surface area contributed by atoms with Gasteiger partial charge in [0.05, 0.1) is 6.10 Å². The molecule has 1 saturated carbocycles. The molecule has 0 radical (unpaired) electrons. The fourth-order valence-corrected chi connectivity index (χ4v) is 1.80. The van der Waals surface area contributed by atoms with Gasteiger partial charge in [-0.25, -0.2) is 0 Å². The number of ether oxygens (including phenoxy) is 2. The molecule has 0 heterocycles. The van der Waals surface area contributed by atoms with E-state index in [4.69, 9.17) is 10.5 Å². The average molecular weight is 241 g/mol. The quantitative estimate of drug-likeness (QED) is 0.466. The van der Waals surface area contributed by atoms with Crippen molar-refractivity contribution >= 4 is 0 Å². The molecule has 0 bridgehead atoms. The number of hydrogen-bond donors (Lipinski definition) is 1. The van der Waals surface area contributed by atoms with E-state index in [9.17, 15) is 13.2 Å². The Morgan fingerprint density at radius 1 is 1.12 bits per heavy atom. The van der Waals surface area contributed by atoms with Crippen LogP contribution in [-0.4, -0.2) is 31.7 Å². The highest BCUT2D eigenvalue weighted by atomic mass is 19.4. The third-order valence-corrected chi connectivity index (χ3v) is 2.63. The molecular formula is C10H18F3NO2. The van der Waals surface area contributed by atoms with Gasteiger partial charge in [-0.15, -0.1) is 0 Å². The third-order valence-electron chi connectivity index (χ3n) is 2.63. The molecule has 16 heavy (non-hydrogen) atoms. The van der Waals surface area contributed by atoms with Gasteiger partial charge >= 0.3 is 6.18 Å². The minimum absolute atomic E-state index is 0.0861. The van der Waals surface area contributed by atoms with Crippen molar-refractivity contribution in [3.63, 3.8) is 0 Å². The fourth-order valence-electron chi connectivity index (χ4n) is 1.80. The summed E-state index contributed by atoms with van der Waals surface area (Å²) < 4.78 is 44.9. The van der Waals surface area contributed by atoms with Crippen LogP contribution >= 0.6 is 0 Å². The third kappa shape index (κ3) is 5.67. The van der Waals surface area contributed by atoms with Crippen LogP contribution in [0.4, 0.5) is 13.2 Å². The summed E-state index contributed by atoms with van der Waals surface area (Å²) in [6, 6.07) is -0.0861. The van der Waals surface area contributed by atoms with Crippen LogP contribution in [0.25, 0.3) is 0 Å². The van der Waals surface area contributed by atoms with Crippen LogP contribution in [0, 0.1) is 0 Å². The molecule has 0 saturated heterocycles. The molecule has 2 unspecified atom stereocenters. The number of rotatable bonds is 4. The first-order valence-corrected chi connectivity index (χ1v) is 5.51. The smallest absolute Gasteiger partial charge is 0.351 e. The highest BCUT2D eigenvalue weighted by molar-refractivity contribution is 4.76. The Balaban J connectivity index is 2.15. The van der Waals surface area contributed by atoms with E-state index in [0.717, 1.165) is 32.1 Å². The molecular weight excluding hydrogens is 223 g/mol. The second-order valence-electron chi connectivity index (χ2n) is 4.09. The van der Waals surface area contributed by atoms with Crippen molar-refractivity contribution in [2.24, 2.45) is 5.73 Å². The molecule has 0 aromatic rings. The minimum atomic E-state index is -4.30. The van der Waals surface area contributed by atoms with E-state index in [1.54, 1.807) is 0 Å². The van der Waals surface area contributed by atoms with E-state index >= 15 is 0 Å². The van der Waals surface area contributed by atoms with Crippen molar-refractivity contribution in [1.82, 2.24) is 0 Å². The monoisotopic (exact) mass is 241 g/mol. The summed E-state index contributed by atoms with van der Waals surface area (Å²) in [6.45, 7) is -1.60. The zero-order valence-electron chi connectivity index (χ0n) is 9.13. The summed E-state index contributed by atoms with van der Waals surface area (Å²) in [5.74, 6) is 0. The van der Waals surface area contributed by atoms with Crippen LogP contribution in [0.5, 0.6) is 0 Å². The lowest BCUT2D eigenvalue weighted by molar-refractivity contribution is -0.204. The van der Waals surface area contributed by atoms with Crippen molar-refractivity contribution in [1.29, 1.82) is 0 Å². The summed E-state index contributed by atoms with van der Waals surface area (Å²) in [5.41, 5.74) is 5.84. The molecule has 0 amide bonds. The van der Waals surface area contributed by atoms with E-state index in [1.165, 1.54) is 0 Å². The Labute approximate surface area is 93.1 Å². The van der Waals surface area contributed by atoms with E-state index in [1.807, 2.05) is 0 Å². The van der Waals surface area contributed by atoms with Gasteiger partial charge in [0.1, 0.15) is 13.4 Å². The number of alkyl halides is 3. The fraction of sp³-hybridized carbons (Fsp3) is 1.00. The summed E-state index contributed by atoms with van der Waals surface area (Å²) in [5, 5.41) is 0. The van der Waals surface area contributed by atoms with Gasteiger partial charge in [-0.05, 0) is 12.8 Å². The van der Waals surface area contributed by atoms with Crippen LogP contribution in [0.1, 0.15) is 32.1 Å². The Morgan fingerprint density at radius 2 is 1.81 bits per heavy atom. The molecule has 1 rings (SSSR count). The summed E-state index contributed by atoms with van der Waals surface area (Å²) in [6.07, 6.45) is 0.379. The number of nitrogens with two attached hydrogens (primary N) is 1. The Morgan fingerprint density at radius 3 is 2.50 bits per heavy atom. The molecule has 1 fully saturated rings. The van der Waals surface area contributed by atoms with Crippen LogP contribution in [-0.2, 0) is 9.47 Å². The lowest BCUT2D eigenvalue weighted by Gasteiger charge is -2.21. The predicted octanol–water partition coefficient (Wildman–Crippen LogP) is 2.20. The lowest BCUT2D eigenvalue weighted by Crippen LogP contribution is -2.36. The van der Waals surface area contributed by atoms with Crippen molar-refractivity contribution in [2.45, 2.75) is 50.4 Å². The summed E-state index contributed by atoms with van der Waals surface area (Å²) in [7, 11) is 0. The van der Waals surface area contributed by atoms with E-state index in [2.05, 4.69) is 4.74 Å². The van der Waals surface area contributed by atoms with Gasteiger partial charge in [0.15, 0.2) is 0 Å². The Kier molecular flexibility index (Phi) is 5.51. The van der Waals surface area contributed by atoms with Crippen LogP contribution in [0.15, 0.2) is 0 Å². The molecule has 1 aliphatic rings. The van der Waals surface area contributed by atoms with Gasteiger partial charge in [0, 0.05) is 6.04 Å². The maximum absolute atomic E-state index is 11.8. The van der Waals surface area contributed by atoms with Gasteiger partial charge in [-0.1, -0.05) is 19.3 Å². The highest BCUT2D eigenvalue weighted by Gasteiger charge is 2.28. The summed E-state index contributed by atoms with van der Waals surface area (Å²) >= 11 is 0. The van der Waals surface area contributed by atoms with Gasteiger partial charge in [0.2, 0.25) is 0 Å². The molecule has 0 aromatic heterocycles. The number of halogens is 3. The van der Waals surface area contributed by atoms with Crippen LogP contribution in [0.2, 0.25) is 0 Å². The second-order valence-corrected chi connectivity index (χ2v) is 4.09. The predicted molar refractivity (Wildman–Crippen MR) is 52.8 cm³/mol. The molecule has 0 aromatic carbocycles. The molecule has 2 atom stereocenters. The first-order valence-electron chi connectivity index (χ1n) is 5.51. The molecule has 3 nitrogen and oxygen atoms in total. The lowest BCUT2D eigenvalue weighted by atomic mass is 10.1. The van der Waals surface area contributed by atoms with Crippen LogP contribution < -0.4 is 5.73 Å². The Bertz CT molecular complexity index is 199. The van der Waals surface area contributed by atoms with Crippen molar-refractivity contribution in [3.8, 4) is 0 Å². The first kappa shape index (κ1) is 13.7. The normalized spacial score (nSPS) is 27.8. The number of hydrogen-bond acceptors (Lipinski definition) is 3. The molecule has 6 heteroatoms. The topological polar surface area (TPSA) is 44.5 Å². The van der Waals surface area contributed by atoms with E-state index in [-0.39, 0.29) is 18.9 Å². The van der Waals surface area contributed by atoms with Gasteiger partial charge < -0.3 is 15.2 Å². The average Bonchev–Trinajstić information content (AvgIpc) is 2.37. The molecule has 0 aliphatic heterocycles. The van der Waals surface area contributed by atoms with E-state index in [0.29, 0.717) is 0 Å². The second kappa shape index (κ2) is 6.42. The molecule has 2 N–H and O–H groups in total. The SMILES string of the molecule is NC1CCCCCC1OCOCC(F)(F)F. The van der Waals surface area contributed by atoms with E-state index < -0.39 is 12.8 Å². The standard InChI is InChI=1S/C10H18F3NO2/c11-10(12,13)6-15-7-16-9-5-3-1-2-4-8(9)14/h8-9H,1-7,14H2. The molecule has 96 valence electrons. The maximum Gasteiger partial charge on any atom is 0.411 e. The van der Waals surface area contributed by atoms with Crippen molar-refractivity contribution in [3.05, 3.63) is 0 Å². The zero-order chi connectivity index (χ0) is 12.0. The largest absolute Gasteiger partial charge is 0.411 e. The Hall–Kier alpha value is -0.330. The highest BCUT2D eigenvalue weighted by Crippen LogP contribution is 2.20. The van der Waals surface area contributed by atoms with Crippen molar-refractivity contribution in [2.75, 3.05) is 13.4 Å². The van der Waals surface area contributed by atoms with Crippen LogP contribution in [0.3, 0.4) is 0 Å². The summed E-state index contributed by atoms with van der Waals surface area (Å²) in [4.78, 5) is 0. The molecule has 1 aliphatic carbocycles.